The number of carbonyl (C=O) groups is 2. The first-order valence-corrected chi connectivity index (χ1v) is 8.40. The molecule has 132 valence electrons. The molecule has 8 heteroatoms. The van der Waals surface area contributed by atoms with Gasteiger partial charge in [0.1, 0.15) is 5.75 Å². The number of aromatic hydroxyl groups is 1. The van der Waals surface area contributed by atoms with E-state index in [1.807, 2.05) is 0 Å². The van der Waals surface area contributed by atoms with Gasteiger partial charge >= 0.3 is 5.92 Å². The van der Waals surface area contributed by atoms with Crippen molar-refractivity contribution in [2.45, 2.75) is 25.7 Å². The predicted octanol–water partition coefficient (Wildman–Crippen LogP) is 2.41. The highest BCUT2D eigenvalue weighted by atomic mass is 79.9. The highest BCUT2D eigenvalue weighted by molar-refractivity contribution is 9.10. The van der Waals surface area contributed by atoms with Gasteiger partial charge < -0.3 is 14.9 Å². The van der Waals surface area contributed by atoms with Gasteiger partial charge in [-0.25, -0.2) is 0 Å². The summed E-state index contributed by atoms with van der Waals surface area (Å²) in [5.41, 5.74) is 0.500. The van der Waals surface area contributed by atoms with Crippen molar-refractivity contribution in [3.63, 3.8) is 0 Å². The molecule has 1 saturated heterocycles. The van der Waals surface area contributed by atoms with Gasteiger partial charge in [0.25, 0.3) is 5.91 Å². The number of alkyl halides is 2. The number of phenolic OH excluding ortho intramolecular Hbond substituents is 1. The van der Waals surface area contributed by atoms with Crippen LogP contribution in [0.2, 0.25) is 0 Å². The van der Waals surface area contributed by atoms with Crippen LogP contribution in [0.15, 0.2) is 22.7 Å². The first kappa shape index (κ1) is 18.6. The standard InChI is InChI=1S/C16H19BrF2N2O3/c1-16(18,19)15(24)21-6-2-5-20(7-8-21)14(23)9-11-3-4-12(17)10-13(11)22/h3-4,10,22H,2,5-9H2,1H3. The Morgan fingerprint density at radius 1 is 1.21 bits per heavy atom. The maximum absolute atomic E-state index is 13.1. The molecule has 0 radical (unpaired) electrons. The van der Waals surface area contributed by atoms with Gasteiger partial charge in [-0.3, -0.25) is 9.59 Å². The summed E-state index contributed by atoms with van der Waals surface area (Å²) in [6, 6.07) is 4.89. The Labute approximate surface area is 147 Å². The van der Waals surface area contributed by atoms with Crippen molar-refractivity contribution < 1.29 is 23.5 Å². The summed E-state index contributed by atoms with van der Waals surface area (Å²) in [4.78, 5) is 26.7. The minimum absolute atomic E-state index is 0.0231. The number of halogens is 3. The van der Waals surface area contributed by atoms with E-state index in [0.29, 0.717) is 29.9 Å². The minimum Gasteiger partial charge on any atom is -0.508 e. The number of phenols is 1. The summed E-state index contributed by atoms with van der Waals surface area (Å²) in [6.45, 7) is 1.47. The van der Waals surface area contributed by atoms with Gasteiger partial charge in [0.15, 0.2) is 0 Å². The quantitative estimate of drug-likeness (QED) is 0.841. The van der Waals surface area contributed by atoms with E-state index in [1.165, 1.54) is 6.07 Å². The zero-order chi connectivity index (χ0) is 17.9. The Morgan fingerprint density at radius 3 is 2.46 bits per heavy atom. The average Bonchev–Trinajstić information content (AvgIpc) is 2.74. The summed E-state index contributed by atoms with van der Waals surface area (Å²) in [7, 11) is 0. The van der Waals surface area contributed by atoms with Crippen molar-refractivity contribution in [3.05, 3.63) is 28.2 Å². The summed E-state index contributed by atoms with van der Waals surface area (Å²) >= 11 is 3.23. The van der Waals surface area contributed by atoms with Gasteiger partial charge in [-0.15, -0.1) is 0 Å². The van der Waals surface area contributed by atoms with Crippen molar-refractivity contribution in [1.82, 2.24) is 9.80 Å². The molecule has 2 rings (SSSR count). The maximum atomic E-state index is 13.1. The second-order valence-electron chi connectivity index (χ2n) is 5.86. The van der Waals surface area contributed by atoms with E-state index >= 15 is 0 Å². The highest BCUT2D eigenvalue weighted by Gasteiger charge is 2.37. The lowest BCUT2D eigenvalue weighted by molar-refractivity contribution is -0.154. The maximum Gasteiger partial charge on any atom is 0.322 e. The molecule has 5 nitrogen and oxygen atoms in total. The topological polar surface area (TPSA) is 60.9 Å². The molecule has 0 aliphatic carbocycles. The van der Waals surface area contributed by atoms with Gasteiger partial charge in [-0.2, -0.15) is 8.78 Å². The van der Waals surface area contributed by atoms with Crippen LogP contribution in [-0.2, 0) is 16.0 Å². The van der Waals surface area contributed by atoms with Crippen LogP contribution in [0.25, 0.3) is 0 Å². The summed E-state index contributed by atoms with van der Waals surface area (Å²) in [5, 5.41) is 9.86. The van der Waals surface area contributed by atoms with E-state index in [0.717, 1.165) is 4.90 Å². The van der Waals surface area contributed by atoms with Crippen molar-refractivity contribution in [1.29, 1.82) is 0 Å². The summed E-state index contributed by atoms with van der Waals surface area (Å²) < 4.78 is 27.0. The number of carbonyl (C=O) groups excluding carboxylic acids is 2. The lowest BCUT2D eigenvalue weighted by Crippen LogP contribution is -2.44. The van der Waals surface area contributed by atoms with Crippen LogP contribution in [0, 0.1) is 0 Å². The van der Waals surface area contributed by atoms with Crippen molar-refractivity contribution in [2.24, 2.45) is 0 Å². The van der Waals surface area contributed by atoms with Crippen molar-refractivity contribution >= 4 is 27.7 Å². The molecule has 0 bridgehead atoms. The fraction of sp³-hybridized carbons (Fsp3) is 0.500. The molecule has 24 heavy (non-hydrogen) atoms. The zero-order valence-corrected chi connectivity index (χ0v) is 14.9. The Bertz CT molecular complexity index is 634. The van der Waals surface area contributed by atoms with E-state index in [-0.39, 0.29) is 37.7 Å². The second-order valence-corrected chi connectivity index (χ2v) is 6.78. The van der Waals surface area contributed by atoms with Gasteiger partial charge in [0.2, 0.25) is 5.91 Å². The molecule has 1 fully saturated rings. The monoisotopic (exact) mass is 404 g/mol. The minimum atomic E-state index is -3.40. The number of hydrogen-bond donors (Lipinski definition) is 1. The van der Waals surface area contributed by atoms with Crippen LogP contribution in [0.4, 0.5) is 8.78 Å². The Balaban J connectivity index is 1.98. The van der Waals surface area contributed by atoms with Crippen molar-refractivity contribution in [3.8, 4) is 5.75 Å². The third-order valence-electron chi connectivity index (χ3n) is 3.90. The van der Waals surface area contributed by atoms with E-state index in [2.05, 4.69) is 15.9 Å². The third-order valence-corrected chi connectivity index (χ3v) is 4.39. The van der Waals surface area contributed by atoms with Crippen LogP contribution >= 0.6 is 15.9 Å². The molecule has 2 amide bonds. The lowest BCUT2D eigenvalue weighted by Gasteiger charge is -2.24. The number of nitrogens with zero attached hydrogens (tertiary/aromatic N) is 2. The molecule has 0 saturated carbocycles. The van der Waals surface area contributed by atoms with E-state index in [1.54, 1.807) is 17.0 Å². The molecule has 1 N–H and O–H groups in total. The van der Waals surface area contributed by atoms with Gasteiger partial charge in [-0.1, -0.05) is 22.0 Å². The van der Waals surface area contributed by atoms with Gasteiger partial charge in [-0.05, 0) is 18.6 Å². The molecule has 1 aliphatic heterocycles. The highest BCUT2D eigenvalue weighted by Crippen LogP contribution is 2.23. The average molecular weight is 405 g/mol. The normalized spacial score (nSPS) is 16.0. The number of hydrogen-bond acceptors (Lipinski definition) is 3. The van der Waals surface area contributed by atoms with Crippen LogP contribution in [0.5, 0.6) is 5.75 Å². The Morgan fingerprint density at radius 2 is 1.83 bits per heavy atom. The first-order chi connectivity index (χ1) is 11.2. The predicted molar refractivity (Wildman–Crippen MR) is 87.9 cm³/mol. The number of benzene rings is 1. The van der Waals surface area contributed by atoms with Crippen LogP contribution < -0.4 is 0 Å². The molecule has 0 aromatic heterocycles. The number of amides is 2. The fourth-order valence-corrected chi connectivity index (χ4v) is 2.96. The number of rotatable bonds is 3. The summed E-state index contributed by atoms with van der Waals surface area (Å²) in [6.07, 6.45) is 0.469. The molecule has 1 aromatic rings. The van der Waals surface area contributed by atoms with Crippen molar-refractivity contribution in [2.75, 3.05) is 26.2 Å². The molecular formula is C16H19BrF2N2O3. The Kier molecular flexibility index (Phi) is 5.79. The van der Waals surface area contributed by atoms with E-state index < -0.39 is 11.8 Å². The van der Waals surface area contributed by atoms with Crippen LogP contribution in [-0.4, -0.2) is 58.8 Å². The zero-order valence-electron chi connectivity index (χ0n) is 13.3. The SMILES string of the molecule is CC(F)(F)C(=O)N1CCCN(C(=O)Cc2ccc(Br)cc2O)CC1. The van der Waals surface area contributed by atoms with E-state index in [4.69, 9.17) is 0 Å². The molecule has 1 heterocycles. The van der Waals surface area contributed by atoms with Gasteiger partial charge in [0.05, 0.1) is 6.42 Å². The third kappa shape index (κ3) is 4.66. The molecule has 0 unspecified atom stereocenters. The van der Waals surface area contributed by atoms with Gasteiger partial charge in [0, 0.05) is 43.1 Å². The van der Waals surface area contributed by atoms with Crippen LogP contribution in [0.1, 0.15) is 18.9 Å². The molecule has 0 atom stereocenters. The molecular weight excluding hydrogens is 386 g/mol. The fourth-order valence-electron chi connectivity index (χ4n) is 2.61. The Hall–Kier alpha value is -1.70. The molecule has 1 aromatic carbocycles. The summed E-state index contributed by atoms with van der Waals surface area (Å²) in [5.74, 6) is -4.79. The van der Waals surface area contributed by atoms with E-state index in [9.17, 15) is 23.5 Å². The lowest BCUT2D eigenvalue weighted by atomic mass is 10.1. The smallest absolute Gasteiger partial charge is 0.322 e. The second kappa shape index (κ2) is 7.46. The molecule has 0 spiro atoms. The van der Waals surface area contributed by atoms with Crippen LogP contribution in [0.3, 0.4) is 0 Å². The largest absolute Gasteiger partial charge is 0.508 e. The molecule has 1 aliphatic rings. The first-order valence-electron chi connectivity index (χ1n) is 7.61.